The van der Waals surface area contributed by atoms with E-state index < -0.39 is 0 Å². The lowest BCUT2D eigenvalue weighted by atomic mass is 10.1. The minimum Gasteiger partial charge on any atom is -0.457 e. The number of nitrogens with zero attached hydrogens (tertiary/aromatic N) is 2. The topological polar surface area (TPSA) is 62.9 Å². The maximum absolute atomic E-state index is 12.8. The standard InChI is InChI=1S/C23H18N2O3/c1-15-21(23(27)25(24-15)19-6-4-3-5-7-19)14-20-12-13-22(28-20)18-10-8-17(9-11-18)16(2)26/h3-14H,1-2H3/b21-14+. The van der Waals surface area contributed by atoms with Crippen LogP contribution in [-0.2, 0) is 4.79 Å². The first-order valence-corrected chi connectivity index (χ1v) is 8.91. The molecule has 4 rings (SSSR count). The van der Waals surface area contributed by atoms with Crippen molar-refractivity contribution in [3.63, 3.8) is 0 Å². The number of carbonyl (C=O) groups excluding carboxylic acids is 2. The van der Waals surface area contributed by atoms with Crippen LogP contribution < -0.4 is 5.01 Å². The van der Waals surface area contributed by atoms with E-state index in [1.807, 2.05) is 54.6 Å². The van der Waals surface area contributed by atoms with Gasteiger partial charge in [-0.05, 0) is 44.2 Å². The number of anilines is 1. The van der Waals surface area contributed by atoms with E-state index in [0.29, 0.717) is 28.4 Å². The van der Waals surface area contributed by atoms with Crippen molar-refractivity contribution in [2.45, 2.75) is 13.8 Å². The van der Waals surface area contributed by atoms with Gasteiger partial charge in [0.2, 0.25) is 0 Å². The second-order valence-corrected chi connectivity index (χ2v) is 6.53. The van der Waals surface area contributed by atoms with Crippen LogP contribution in [0.1, 0.15) is 30.0 Å². The lowest BCUT2D eigenvalue weighted by molar-refractivity contribution is -0.114. The number of para-hydroxylation sites is 1. The molecule has 1 aliphatic rings. The fourth-order valence-corrected chi connectivity index (χ4v) is 3.03. The molecule has 2 aromatic carbocycles. The van der Waals surface area contributed by atoms with E-state index >= 15 is 0 Å². The van der Waals surface area contributed by atoms with Gasteiger partial charge in [-0.2, -0.15) is 10.1 Å². The Morgan fingerprint density at radius 3 is 2.39 bits per heavy atom. The summed E-state index contributed by atoms with van der Waals surface area (Å²) in [5, 5.41) is 5.76. The van der Waals surface area contributed by atoms with Crippen molar-refractivity contribution in [3.05, 3.63) is 83.6 Å². The van der Waals surface area contributed by atoms with Gasteiger partial charge in [-0.1, -0.05) is 42.5 Å². The molecule has 0 aliphatic carbocycles. The lowest BCUT2D eigenvalue weighted by Crippen LogP contribution is -2.21. The number of hydrazone groups is 1. The van der Waals surface area contributed by atoms with Gasteiger partial charge < -0.3 is 4.42 Å². The second-order valence-electron chi connectivity index (χ2n) is 6.53. The number of hydrogen-bond acceptors (Lipinski definition) is 4. The Hall–Kier alpha value is -3.73. The zero-order valence-corrected chi connectivity index (χ0v) is 15.5. The number of rotatable bonds is 4. The first kappa shape index (κ1) is 17.7. The van der Waals surface area contributed by atoms with Gasteiger partial charge in [0, 0.05) is 11.1 Å². The molecule has 0 spiro atoms. The molecule has 28 heavy (non-hydrogen) atoms. The third kappa shape index (κ3) is 3.30. The Kier molecular flexibility index (Phi) is 4.49. The van der Waals surface area contributed by atoms with Gasteiger partial charge >= 0.3 is 0 Å². The van der Waals surface area contributed by atoms with E-state index in [0.717, 1.165) is 11.3 Å². The van der Waals surface area contributed by atoms with E-state index in [4.69, 9.17) is 4.42 Å². The van der Waals surface area contributed by atoms with Crippen molar-refractivity contribution in [1.29, 1.82) is 0 Å². The maximum Gasteiger partial charge on any atom is 0.280 e. The average molecular weight is 370 g/mol. The minimum atomic E-state index is -0.188. The number of carbonyl (C=O) groups is 2. The van der Waals surface area contributed by atoms with Crippen molar-refractivity contribution < 1.29 is 14.0 Å². The fourth-order valence-electron chi connectivity index (χ4n) is 3.03. The molecular weight excluding hydrogens is 352 g/mol. The highest BCUT2D eigenvalue weighted by Crippen LogP contribution is 2.27. The number of Topliss-reactive ketones (excluding diaryl/α,β-unsaturated/α-hetero) is 1. The number of ketones is 1. The summed E-state index contributed by atoms with van der Waals surface area (Å²) in [5.41, 5.74) is 3.38. The Bertz CT molecular complexity index is 1110. The molecule has 0 fully saturated rings. The summed E-state index contributed by atoms with van der Waals surface area (Å²) in [4.78, 5) is 24.2. The van der Waals surface area contributed by atoms with Gasteiger partial charge in [0.15, 0.2) is 5.78 Å². The SMILES string of the molecule is CC(=O)c1ccc(-c2ccc(/C=C3/C(=O)N(c4ccccc4)N=C3C)o2)cc1. The van der Waals surface area contributed by atoms with Crippen molar-refractivity contribution in [3.8, 4) is 11.3 Å². The molecule has 5 nitrogen and oxygen atoms in total. The van der Waals surface area contributed by atoms with Crippen LogP contribution in [0.4, 0.5) is 5.69 Å². The number of benzene rings is 2. The lowest BCUT2D eigenvalue weighted by Gasteiger charge is -2.10. The molecule has 0 bridgehead atoms. The Balaban J connectivity index is 1.59. The summed E-state index contributed by atoms with van der Waals surface area (Å²) in [7, 11) is 0. The predicted molar refractivity (Wildman–Crippen MR) is 109 cm³/mol. The quantitative estimate of drug-likeness (QED) is 0.482. The van der Waals surface area contributed by atoms with E-state index in [1.165, 1.54) is 11.9 Å². The molecule has 0 N–H and O–H groups in total. The van der Waals surface area contributed by atoms with Crippen molar-refractivity contribution in [2.24, 2.45) is 5.10 Å². The predicted octanol–water partition coefficient (Wildman–Crippen LogP) is 4.96. The van der Waals surface area contributed by atoms with Crippen LogP contribution in [0.15, 0.2) is 81.8 Å². The maximum atomic E-state index is 12.8. The van der Waals surface area contributed by atoms with Gasteiger partial charge in [0.25, 0.3) is 5.91 Å². The zero-order chi connectivity index (χ0) is 19.7. The van der Waals surface area contributed by atoms with Crippen molar-refractivity contribution in [2.75, 3.05) is 5.01 Å². The molecule has 0 atom stereocenters. The largest absolute Gasteiger partial charge is 0.457 e. The van der Waals surface area contributed by atoms with Crippen molar-refractivity contribution >= 4 is 29.2 Å². The molecule has 1 aromatic heterocycles. The van der Waals surface area contributed by atoms with Gasteiger partial charge in [-0.25, -0.2) is 0 Å². The van der Waals surface area contributed by atoms with E-state index in [2.05, 4.69) is 5.10 Å². The summed E-state index contributed by atoms with van der Waals surface area (Å²) >= 11 is 0. The third-order valence-electron chi connectivity index (χ3n) is 4.55. The molecule has 0 unspecified atom stereocenters. The Morgan fingerprint density at radius 2 is 1.71 bits per heavy atom. The normalized spacial score (nSPS) is 15.2. The van der Waals surface area contributed by atoms with Gasteiger partial charge in [-0.3, -0.25) is 9.59 Å². The molecule has 1 amide bonds. The van der Waals surface area contributed by atoms with E-state index in [1.54, 1.807) is 25.1 Å². The first-order chi connectivity index (χ1) is 13.5. The molecule has 0 saturated heterocycles. The summed E-state index contributed by atoms with van der Waals surface area (Å²) < 4.78 is 5.88. The molecular formula is C23H18N2O3. The summed E-state index contributed by atoms with van der Waals surface area (Å²) in [6.07, 6.45) is 1.71. The fraction of sp³-hybridized carbons (Fsp3) is 0.0870. The van der Waals surface area contributed by atoms with Crippen LogP contribution in [0.3, 0.4) is 0 Å². The zero-order valence-electron chi connectivity index (χ0n) is 15.5. The highest BCUT2D eigenvalue weighted by molar-refractivity contribution is 6.32. The first-order valence-electron chi connectivity index (χ1n) is 8.91. The van der Waals surface area contributed by atoms with Crippen molar-refractivity contribution in [1.82, 2.24) is 0 Å². The average Bonchev–Trinajstić information content (AvgIpc) is 3.29. The van der Waals surface area contributed by atoms with Crippen LogP contribution in [0, 0.1) is 0 Å². The molecule has 3 aromatic rings. The number of furan rings is 1. The van der Waals surface area contributed by atoms with Gasteiger partial charge in [0.1, 0.15) is 11.5 Å². The highest BCUT2D eigenvalue weighted by Gasteiger charge is 2.28. The molecule has 5 heteroatoms. The second kappa shape index (κ2) is 7.12. The Morgan fingerprint density at radius 1 is 1.00 bits per heavy atom. The van der Waals surface area contributed by atoms with Crippen LogP contribution in [-0.4, -0.2) is 17.4 Å². The van der Waals surface area contributed by atoms with Crippen LogP contribution in [0.2, 0.25) is 0 Å². The summed E-state index contributed by atoms with van der Waals surface area (Å²) in [6, 6.07) is 20.2. The molecule has 0 saturated carbocycles. The Labute approximate surface area is 162 Å². The summed E-state index contributed by atoms with van der Waals surface area (Å²) in [6.45, 7) is 3.34. The third-order valence-corrected chi connectivity index (χ3v) is 4.55. The smallest absolute Gasteiger partial charge is 0.280 e. The number of amides is 1. The van der Waals surface area contributed by atoms with Gasteiger partial charge in [-0.15, -0.1) is 0 Å². The molecule has 2 heterocycles. The summed E-state index contributed by atoms with van der Waals surface area (Å²) in [5.74, 6) is 1.07. The highest BCUT2D eigenvalue weighted by atomic mass is 16.3. The van der Waals surface area contributed by atoms with E-state index in [-0.39, 0.29) is 11.7 Å². The van der Waals surface area contributed by atoms with Gasteiger partial charge in [0.05, 0.1) is 17.0 Å². The molecule has 0 radical (unpaired) electrons. The molecule has 138 valence electrons. The molecule has 1 aliphatic heterocycles. The van der Waals surface area contributed by atoms with Crippen LogP contribution >= 0.6 is 0 Å². The van der Waals surface area contributed by atoms with Crippen LogP contribution in [0.5, 0.6) is 0 Å². The number of hydrogen-bond donors (Lipinski definition) is 0. The monoisotopic (exact) mass is 370 g/mol. The van der Waals surface area contributed by atoms with E-state index in [9.17, 15) is 9.59 Å². The van der Waals surface area contributed by atoms with Crippen LogP contribution in [0.25, 0.3) is 17.4 Å². The minimum absolute atomic E-state index is 0.0221.